The lowest BCUT2D eigenvalue weighted by atomic mass is 9.68. The van der Waals surface area contributed by atoms with Crippen molar-refractivity contribution in [2.75, 3.05) is 0 Å². The lowest BCUT2D eigenvalue weighted by molar-refractivity contribution is -0.156. The van der Waals surface area contributed by atoms with E-state index in [1.165, 1.54) is 20.1 Å². The second kappa shape index (κ2) is 7.79. The van der Waals surface area contributed by atoms with Gasteiger partial charge in [-0.3, -0.25) is 14.4 Å². The van der Waals surface area contributed by atoms with Crippen LogP contribution in [0, 0.1) is 17.8 Å². The zero-order valence-electron chi connectivity index (χ0n) is 17.2. The molecule has 4 unspecified atom stereocenters. The van der Waals surface area contributed by atoms with Crippen molar-refractivity contribution in [2.24, 2.45) is 17.8 Å². The van der Waals surface area contributed by atoms with Gasteiger partial charge in [-0.25, -0.2) is 0 Å². The molecule has 0 aromatic rings. The van der Waals surface area contributed by atoms with Crippen molar-refractivity contribution in [3.05, 3.63) is 58.1 Å². The van der Waals surface area contributed by atoms with E-state index < -0.39 is 29.2 Å². The van der Waals surface area contributed by atoms with Crippen LogP contribution >= 0.6 is 11.6 Å². The predicted molar refractivity (Wildman–Crippen MR) is 110 cm³/mol. The molecule has 1 aliphatic carbocycles. The molecular weight excluding hydrogens is 392 g/mol. The summed E-state index contributed by atoms with van der Waals surface area (Å²) in [7, 11) is 0. The Bertz CT molecular complexity index is 933. The van der Waals surface area contributed by atoms with E-state index in [-0.39, 0.29) is 10.8 Å². The number of fused-ring (bicyclic) bond motifs is 3. The maximum Gasteiger partial charge on any atom is 0.318 e. The number of ether oxygens (including phenoxy) is 2. The van der Waals surface area contributed by atoms with Crippen molar-refractivity contribution in [3.63, 3.8) is 0 Å². The summed E-state index contributed by atoms with van der Waals surface area (Å²) in [5.74, 6) is -2.37. The Morgan fingerprint density at radius 2 is 2.03 bits per heavy atom. The number of carbonyl (C=O) groups excluding carboxylic acids is 3. The van der Waals surface area contributed by atoms with Gasteiger partial charge in [0.25, 0.3) is 0 Å². The molecule has 0 bridgehead atoms. The van der Waals surface area contributed by atoms with E-state index in [4.69, 9.17) is 21.1 Å². The summed E-state index contributed by atoms with van der Waals surface area (Å²) < 4.78 is 11.1. The Balaban J connectivity index is 1.98. The van der Waals surface area contributed by atoms with Crippen LogP contribution in [0.15, 0.2) is 58.1 Å². The third-order valence-electron chi connectivity index (χ3n) is 5.77. The van der Waals surface area contributed by atoms with Crippen LogP contribution < -0.4 is 0 Å². The number of esters is 1. The first-order valence-corrected chi connectivity index (χ1v) is 10.1. The summed E-state index contributed by atoms with van der Waals surface area (Å²) in [6.07, 6.45) is 10.1. The topological polar surface area (TPSA) is 69.7 Å². The Kier molecular flexibility index (Phi) is 5.72. The number of Topliss-reactive ketones (excluding diaryl/α,β-unsaturated/α-hetero) is 2. The molecule has 0 amide bonds. The standard InChI is InChI=1S/C23H25ClO5/c1-6-12(2)9-13(3)7-8-15-10-16-17(11-28-15)19-18(14(4)25)22(27)29-23(19,5)21(26)20(16)24/h7-12,18-19H,6H2,1-5H3/b8-7+,13-9-. The van der Waals surface area contributed by atoms with Gasteiger partial charge in [-0.2, -0.15) is 0 Å². The zero-order valence-corrected chi connectivity index (χ0v) is 18.0. The maximum absolute atomic E-state index is 12.9. The smallest absolute Gasteiger partial charge is 0.318 e. The van der Waals surface area contributed by atoms with Crippen LogP contribution in [-0.2, 0) is 23.9 Å². The molecule has 1 saturated heterocycles. The summed E-state index contributed by atoms with van der Waals surface area (Å²) in [5, 5.41) is -0.0203. The molecule has 2 aliphatic heterocycles. The fraction of sp³-hybridized carbons (Fsp3) is 0.435. The highest BCUT2D eigenvalue weighted by molar-refractivity contribution is 6.45. The lowest BCUT2D eigenvalue weighted by Gasteiger charge is -2.36. The molecule has 3 rings (SSSR count). The maximum atomic E-state index is 12.9. The van der Waals surface area contributed by atoms with E-state index >= 15 is 0 Å². The van der Waals surface area contributed by atoms with Crippen LogP contribution in [0.25, 0.3) is 0 Å². The average Bonchev–Trinajstić information content (AvgIpc) is 2.96. The number of ketones is 2. The molecule has 5 nitrogen and oxygen atoms in total. The first-order chi connectivity index (χ1) is 13.6. The molecule has 6 heteroatoms. The molecular formula is C23H25ClO5. The van der Waals surface area contributed by atoms with Crippen LogP contribution in [0.3, 0.4) is 0 Å². The van der Waals surface area contributed by atoms with Gasteiger partial charge in [0.15, 0.2) is 5.60 Å². The minimum Gasteiger partial charge on any atom is -0.465 e. The van der Waals surface area contributed by atoms with E-state index in [1.807, 2.05) is 13.0 Å². The summed E-state index contributed by atoms with van der Waals surface area (Å²) in [6.45, 7) is 9.11. The Morgan fingerprint density at radius 1 is 1.34 bits per heavy atom. The quantitative estimate of drug-likeness (QED) is 0.373. The molecule has 0 aromatic carbocycles. The van der Waals surface area contributed by atoms with Gasteiger partial charge < -0.3 is 9.47 Å². The van der Waals surface area contributed by atoms with E-state index in [0.717, 1.165) is 12.0 Å². The Labute approximate surface area is 175 Å². The van der Waals surface area contributed by atoms with Crippen LogP contribution in [0.1, 0.15) is 41.0 Å². The summed E-state index contributed by atoms with van der Waals surface area (Å²) in [5.41, 5.74) is 0.600. The summed E-state index contributed by atoms with van der Waals surface area (Å²) in [4.78, 5) is 37.3. The van der Waals surface area contributed by atoms with Crippen molar-refractivity contribution in [3.8, 4) is 0 Å². The van der Waals surface area contributed by atoms with Gasteiger partial charge >= 0.3 is 5.97 Å². The molecule has 3 aliphatic rings. The van der Waals surface area contributed by atoms with Gasteiger partial charge in [-0.15, -0.1) is 0 Å². The molecule has 0 spiro atoms. The Morgan fingerprint density at radius 3 is 2.66 bits per heavy atom. The van der Waals surface area contributed by atoms with Crippen molar-refractivity contribution in [2.45, 2.75) is 46.6 Å². The fourth-order valence-corrected chi connectivity index (χ4v) is 4.35. The van der Waals surface area contributed by atoms with Gasteiger partial charge in [0.05, 0.1) is 17.2 Å². The van der Waals surface area contributed by atoms with Gasteiger partial charge in [0, 0.05) is 11.1 Å². The number of carbonyl (C=O) groups is 3. The predicted octanol–water partition coefficient (Wildman–Crippen LogP) is 4.55. The highest BCUT2D eigenvalue weighted by atomic mass is 35.5. The fourth-order valence-electron chi connectivity index (χ4n) is 4.00. The summed E-state index contributed by atoms with van der Waals surface area (Å²) >= 11 is 6.36. The molecule has 0 aromatic heterocycles. The van der Waals surface area contributed by atoms with Crippen molar-refractivity contribution >= 4 is 29.1 Å². The first-order valence-electron chi connectivity index (χ1n) is 9.73. The van der Waals surface area contributed by atoms with Crippen molar-refractivity contribution < 1.29 is 23.9 Å². The molecule has 1 fully saturated rings. The van der Waals surface area contributed by atoms with E-state index in [9.17, 15) is 14.4 Å². The molecule has 2 heterocycles. The largest absolute Gasteiger partial charge is 0.465 e. The lowest BCUT2D eigenvalue weighted by Crippen LogP contribution is -2.47. The number of hydrogen-bond acceptors (Lipinski definition) is 5. The number of hydrogen-bond donors (Lipinski definition) is 0. The van der Waals surface area contributed by atoms with Gasteiger partial charge in [0.2, 0.25) is 5.78 Å². The van der Waals surface area contributed by atoms with Crippen molar-refractivity contribution in [1.82, 2.24) is 0 Å². The third-order valence-corrected chi connectivity index (χ3v) is 6.15. The van der Waals surface area contributed by atoms with Crippen LogP contribution in [0.4, 0.5) is 0 Å². The van der Waals surface area contributed by atoms with Gasteiger partial charge in [-0.1, -0.05) is 49.6 Å². The number of halogens is 1. The zero-order chi connectivity index (χ0) is 21.5. The van der Waals surface area contributed by atoms with Crippen molar-refractivity contribution in [1.29, 1.82) is 0 Å². The molecule has 154 valence electrons. The summed E-state index contributed by atoms with van der Waals surface area (Å²) in [6, 6.07) is 0. The average molecular weight is 417 g/mol. The molecule has 0 N–H and O–H groups in total. The number of rotatable bonds is 5. The van der Waals surface area contributed by atoms with E-state index in [0.29, 0.717) is 22.8 Å². The minimum absolute atomic E-state index is 0.0203. The van der Waals surface area contributed by atoms with Gasteiger partial charge in [-0.05, 0) is 38.8 Å². The molecule has 0 saturated carbocycles. The van der Waals surface area contributed by atoms with Crippen LogP contribution in [0.2, 0.25) is 0 Å². The first kappa shape index (κ1) is 21.3. The normalized spacial score (nSPS) is 30.3. The second-order valence-corrected chi connectivity index (χ2v) is 8.40. The SMILES string of the molecule is CCC(C)/C=C(C)\C=C\C1=CC2=C(Cl)C(=O)C3(C)OC(=O)C(C(C)=O)C3C2=CO1. The Hall–Kier alpha value is -2.40. The van der Waals surface area contributed by atoms with Crippen LogP contribution in [-0.4, -0.2) is 23.1 Å². The van der Waals surface area contributed by atoms with E-state index in [1.54, 1.807) is 12.2 Å². The number of allylic oxidation sites excluding steroid dienone is 6. The molecule has 29 heavy (non-hydrogen) atoms. The minimum atomic E-state index is -1.50. The molecule has 0 radical (unpaired) electrons. The monoisotopic (exact) mass is 416 g/mol. The van der Waals surface area contributed by atoms with Gasteiger partial charge in [0.1, 0.15) is 17.5 Å². The van der Waals surface area contributed by atoms with Crippen LogP contribution in [0.5, 0.6) is 0 Å². The molecule has 4 atom stereocenters. The van der Waals surface area contributed by atoms with E-state index in [2.05, 4.69) is 19.9 Å². The second-order valence-electron chi connectivity index (χ2n) is 8.02. The third kappa shape index (κ3) is 3.64. The highest BCUT2D eigenvalue weighted by Crippen LogP contribution is 2.52. The highest BCUT2D eigenvalue weighted by Gasteiger charge is 2.63.